The molecule has 0 spiro atoms. The standard InChI is InChI=1S/C14H17Br2NO/c1-9-8-10(6-7-11(9)15)14(18)17-13-5-3-2-4-12(13)16/h6-8,12-13H,2-5H2,1H3,(H,17,18). The maximum Gasteiger partial charge on any atom is 0.251 e. The predicted octanol–water partition coefficient (Wildman–Crippen LogP) is 4.19. The van der Waals surface area contributed by atoms with Gasteiger partial charge in [0, 0.05) is 20.9 Å². The molecule has 0 bridgehead atoms. The van der Waals surface area contributed by atoms with Crippen LogP contribution in [0.5, 0.6) is 0 Å². The smallest absolute Gasteiger partial charge is 0.251 e. The summed E-state index contributed by atoms with van der Waals surface area (Å²) in [5, 5.41) is 3.13. The van der Waals surface area contributed by atoms with Crippen LogP contribution in [0.4, 0.5) is 0 Å². The zero-order valence-corrected chi connectivity index (χ0v) is 13.6. The van der Waals surface area contributed by atoms with Gasteiger partial charge in [-0.05, 0) is 43.5 Å². The van der Waals surface area contributed by atoms with E-state index in [1.807, 2.05) is 25.1 Å². The third kappa shape index (κ3) is 3.35. The highest BCUT2D eigenvalue weighted by Gasteiger charge is 2.24. The van der Waals surface area contributed by atoms with Crippen molar-refractivity contribution in [1.29, 1.82) is 0 Å². The van der Waals surface area contributed by atoms with E-state index in [2.05, 4.69) is 37.2 Å². The number of hydrogen-bond acceptors (Lipinski definition) is 1. The minimum Gasteiger partial charge on any atom is -0.348 e. The van der Waals surface area contributed by atoms with Crippen molar-refractivity contribution in [2.75, 3.05) is 0 Å². The molecule has 4 heteroatoms. The van der Waals surface area contributed by atoms with Crippen LogP contribution in [0.1, 0.15) is 41.6 Å². The average Bonchev–Trinajstić information content (AvgIpc) is 2.35. The molecule has 0 saturated heterocycles. The normalized spacial score (nSPS) is 23.7. The van der Waals surface area contributed by atoms with Crippen LogP contribution in [0, 0.1) is 6.92 Å². The fraction of sp³-hybridized carbons (Fsp3) is 0.500. The molecule has 1 fully saturated rings. The lowest BCUT2D eigenvalue weighted by atomic mass is 9.95. The third-order valence-corrected chi connectivity index (χ3v) is 5.40. The molecule has 1 aromatic rings. The Morgan fingerprint density at radius 1 is 1.33 bits per heavy atom. The Bertz CT molecular complexity index is 447. The van der Waals surface area contributed by atoms with E-state index in [1.165, 1.54) is 12.8 Å². The van der Waals surface area contributed by atoms with Gasteiger partial charge in [0.25, 0.3) is 5.91 Å². The van der Waals surface area contributed by atoms with Crippen LogP contribution in [0.2, 0.25) is 0 Å². The fourth-order valence-corrected chi connectivity index (χ4v) is 3.25. The molecule has 2 atom stereocenters. The first kappa shape index (κ1) is 14.1. The van der Waals surface area contributed by atoms with Gasteiger partial charge in [0.15, 0.2) is 0 Å². The highest BCUT2D eigenvalue weighted by Crippen LogP contribution is 2.25. The first-order valence-electron chi connectivity index (χ1n) is 6.29. The van der Waals surface area contributed by atoms with Crippen molar-refractivity contribution in [3.8, 4) is 0 Å². The minimum absolute atomic E-state index is 0.0296. The van der Waals surface area contributed by atoms with E-state index in [1.54, 1.807) is 0 Å². The summed E-state index contributed by atoms with van der Waals surface area (Å²) in [6.45, 7) is 1.99. The molecule has 2 unspecified atom stereocenters. The van der Waals surface area contributed by atoms with Crippen molar-refractivity contribution in [3.63, 3.8) is 0 Å². The lowest BCUT2D eigenvalue weighted by molar-refractivity contribution is 0.0929. The van der Waals surface area contributed by atoms with E-state index in [9.17, 15) is 4.79 Å². The maximum absolute atomic E-state index is 12.2. The number of rotatable bonds is 2. The molecule has 2 nitrogen and oxygen atoms in total. The Kier molecular flexibility index (Phi) is 4.84. The number of halogens is 2. The van der Waals surface area contributed by atoms with Crippen molar-refractivity contribution in [3.05, 3.63) is 33.8 Å². The SMILES string of the molecule is Cc1cc(C(=O)NC2CCCCC2Br)ccc1Br. The van der Waals surface area contributed by atoms with Crippen LogP contribution in [0.3, 0.4) is 0 Å². The molecule has 1 N–H and O–H groups in total. The predicted molar refractivity (Wildman–Crippen MR) is 81.3 cm³/mol. The van der Waals surface area contributed by atoms with Gasteiger partial charge in [-0.25, -0.2) is 0 Å². The van der Waals surface area contributed by atoms with Crippen LogP contribution in [0.15, 0.2) is 22.7 Å². The minimum atomic E-state index is 0.0296. The molecule has 0 heterocycles. The summed E-state index contributed by atoms with van der Waals surface area (Å²) in [6, 6.07) is 5.97. The Morgan fingerprint density at radius 3 is 2.72 bits per heavy atom. The van der Waals surface area contributed by atoms with Crippen LogP contribution >= 0.6 is 31.9 Å². The summed E-state index contributed by atoms with van der Waals surface area (Å²) in [7, 11) is 0. The zero-order valence-electron chi connectivity index (χ0n) is 10.4. The summed E-state index contributed by atoms with van der Waals surface area (Å²) in [5.41, 5.74) is 1.82. The summed E-state index contributed by atoms with van der Waals surface area (Å²) in [6.07, 6.45) is 4.66. The van der Waals surface area contributed by atoms with E-state index in [4.69, 9.17) is 0 Å². The molecule has 98 valence electrons. The second-order valence-corrected chi connectivity index (χ2v) is 6.87. The van der Waals surface area contributed by atoms with E-state index in [-0.39, 0.29) is 11.9 Å². The number of carbonyl (C=O) groups excluding carboxylic acids is 1. The number of benzene rings is 1. The van der Waals surface area contributed by atoms with Crippen molar-refractivity contribution in [2.24, 2.45) is 0 Å². The Labute approximate surface area is 125 Å². The van der Waals surface area contributed by atoms with Gasteiger partial charge in [0.2, 0.25) is 0 Å². The zero-order chi connectivity index (χ0) is 13.1. The number of aryl methyl sites for hydroxylation is 1. The van der Waals surface area contributed by atoms with Gasteiger partial charge in [-0.15, -0.1) is 0 Å². The van der Waals surface area contributed by atoms with Crippen LogP contribution in [-0.2, 0) is 0 Å². The van der Waals surface area contributed by atoms with Gasteiger partial charge in [-0.1, -0.05) is 44.7 Å². The topological polar surface area (TPSA) is 29.1 Å². The Balaban J connectivity index is 2.04. The molecule has 1 aliphatic rings. The largest absolute Gasteiger partial charge is 0.348 e. The molecule has 2 rings (SSSR count). The summed E-state index contributed by atoms with van der Waals surface area (Å²) < 4.78 is 1.04. The van der Waals surface area contributed by atoms with Crippen molar-refractivity contribution >= 4 is 37.8 Å². The van der Waals surface area contributed by atoms with Gasteiger partial charge in [0.1, 0.15) is 0 Å². The highest BCUT2D eigenvalue weighted by atomic mass is 79.9. The van der Waals surface area contributed by atoms with Gasteiger partial charge in [0.05, 0.1) is 0 Å². The quantitative estimate of drug-likeness (QED) is 0.772. The van der Waals surface area contributed by atoms with E-state index < -0.39 is 0 Å². The molecule has 1 amide bonds. The lowest BCUT2D eigenvalue weighted by Gasteiger charge is -2.28. The van der Waals surface area contributed by atoms with Crippen molar-refractivity contribution in [1.82, 2.24) is 5.32 Å². The molecule has 1 aromatic carbocycles. The monoisotopic (exact) mass is 373 g/mol. The number of alkyl halides is 1. The van der Waals surface area contributed by atoms with Crippen LogP contribution < -0.4 is 5.32 Å². The van der Waals surface area contributed by atoms with E-state index in [0.717, 1.165) is 28.4 Å². The summed E-state index contributed by atoms with van der Waals surface area (Å²) in [4.78, 5) is 12.6. The average molecular weight is 375 g/mol. The molecule has 0 aromatic heterocycles. The van der Waals surface area contributed by atoms with Gasteiger partial charge >= 0.3 is 0 Å². The maximum atomic E-state index is 12.2. The Morgan fingerprint density at radius 2 is 2.06 bits per heavy atom. The molecule has 1 aliphatic carbocycles. The molecular weight excluding hydrogens is 358 g/mol. The second kappa shape index (κ2) is 6.20. The number of amides is 1. The van der Waals surface area contributed by atoms with Gasteiger partial charge in [-0.2, -0.15) is 0 Å². The number of nitrogens with one attached hydrogen (secondary N) is 1. The lowest BCUT2D eigenvalue weighted by Crippen LogP contribution is -2.42. The number of hydrogen-bond donors (Lipinski definition) is 1. The summed E-state index contributed by atoms with van der Waals surface area (Å²) in [5.74, 6) is 0.0296. The first-order chi connectivity index (χ1) is 8.58. The highest BCUT2D eigenvalue weighted by molar-refractivity contribution is 9.10. The third-order valence-electron chi connectivity index (χ3n) is 3.42. The fourth-order valence-electron chi connectivity index (χ4n) is 2.29. The molecule has 18 heavy (non-hydrogen) atoms. The molecular formula is C14H17Br2NO. The molecule has 0 aliphatic heterocycles. The Hall–Kier alpha value is -0.350. The second-order valence-electron chi connectivity index (χ2n) is 4.84. The van der Waals surface area contributed by atoms with Crippen molar-refractivity contribution in [2.45, 2.75) is 43.5 Å². The first-order valence-corrected chi connectivity index (χ1v) is 8.00. The van der Waals surface area contributed by atoms with Crippen molar-refractivity contribution < 1.29 is 4.79 Å². The van der Waals surface area contributed by atoms with Crippen LogP contribution in [0.25, 0.3) is 0 Å². The van der Waals surface area contributed by atoms with Crippen LogP contribution in [-0.4, -0.2) is 16.8 Å². The van der Waals surface area contributed by atoms with E-state index in [0.29, 0.717) is 4.83 Å². The van der Waals surface area contributed by atoms with Gasteiger partial charge < -0.3 is 5.32 Å². The van der Waals surface area contributed by atoms with E-state index >= 15 is 0 Å². The number of carbonyl (C=O) groups is 1. The van der Waals surface area contributed by atoms with Gasteiger partial charge in [-0.3, -0.25) is 4.79 Å². The molecule has 1 saturated carbocycles. The summed E-state index contributed by atoms with van der Waals surface area (Å²) >= 11 is 7.11. The molecule has 0 radical (unpaired) electrons.